The molecule has 40 heavy (non-hydrogen) atoms. The van der Waals surface area contributed by atoms with Gasteiger partial charge in [0, 0.05) is 36.0 Å². The number of halogens is 1. The highest BCUT2D eigenvalue weighted by molar-refractivity contribution is 9.10. The first-order valence-electron chi connectivity index (χ1n) is 13.1. The summed E-state index contributed by atoms with van der Waals surface area (Å²) < 4.78 is 12.5. The predicted octanol–water partition coefficient (Wildman–Crippen LogP) is 6.74. The van der Waals surface area contributed by atoms with Gasteiger partial charge in [-0.2, -0.15) is 0 Å². The minimum Gasteiger partial charge on any atom is -0.444 e. The van der Waals surface area contributed by atoms with Gasteiger partial charge in [0.05, 0.1) is 17.1 Å². The fraction of sp³-hybridized carbons (Fsp3) is 0.258. The van der Waals surface area contributed by atoms with Crippen molar-refractivity contribution in [3.8, 4) is 0 Å². The Labute approximate surface area is 241 Å². The lowest BCUT2D eigenvalue weighted by atomic mass is 10.1. The standard InChI is InChI=1S/C31H31BrN4O4/c1-31(2,3)40-30(38)36-17-15-35(16-18-36)26-14-13-22(32)20-25(26)34-28(37)24-19-21-9-7-8-12-27(21)39-29(24)33-23-10-5-4-6-11-23/h4-14,19-20H,15-18H2,1-3H3,(H,34,37). The average Bonchev–Trinajstić information content (AvgIpc) is 2.92. The van der Waals surface area contributed by atoms with Crippen LogP contribution in [0.1, 0.15) is 31.1 Å². The number of rotatable bonds is 4. The molecule has 0 aliphatic carbocycles. The summed E-state index contributed by atoms with van der Waals surface area (Å²) in [6.07, 6.45) is -0.314. The number of carbonyl (C=O) groups is 2. The molecule has 1 aliphatic rings. The van der Waals surface area contributed by atoms with E-state index in [0.29, 0.717) is 48.7 Å². The molecule has 1 saturated heterocycles. The number of hydrogen-bond acceptors (Lipinski definition) is 6. The van der Waals surface area contributed by atoms with E-state index in [0.717, 1.165) is 15.5 Å². The first-order valence-corrected chi connectivity index (χ1v) is 13.9. The van der Waals surface area contributed by atoms with Crippen LogP contribution >= 0.6 is 15.9 Å². The van der Waals surface area contributed by atoms with Crippen LogP contribution in [0.4, 0.5) is 21.9 Å². The number of amides is 2. The first-order chi connectivity index (χ1) is 19.2. The van der Waals surface area contributed by atoms with Crippen LogP contribution < -0.4 is 15.8 Å². The van der Waals surface area contributed by atoms with E-state index in [2.05, 4.69) is 31.1 Å². The van der Waals surface area contributed by atoms with Crippen LogP contribution in [-0.2, 0) is 4.74 Å². The summed E-state index contributed by atoms with van der Waals surface area (Å²) in [6.45, 7) is 7.81. The molecule has 0 unspecified atom stereocenters. The fourth-order valence-electron chi connectivity index (χ4n) is 4.46. The second-order valence-corrected chi connectivity index (χ2v) is 11.4. The molecule has 1 aromatic heterocycles. The Morgan fingerprint density at radius 2 is 1.62 bits per heavy atom. The number of nitrogens with zero attached hydrogens (tertiary/aromatic N) is 3. The molecular weight excluding hydrogens is 572 g/mol. The topological polar surface area (TPSA) is 87.4 Å². The van der Waals surface area contributed by atoms with E-state index in [4.69, 9.17) is 9.15 Å². The molecule has 0 spiro atoms. The minimum absolute atomic E-state index is 0.227. The third-order valence-electron chi connectivity index (χ3n) is 6.37. The van der Waals surface area contributed by atoms with Crippen molar-refractivity contribution in [1.82, 2.24) is 4.90 Å². The molecule has 206 valence electrons. The van der Waals surface area contributed by atoms with Crippen molar-refractivity contribution in [3.05, 3.63) is 94.5 Å². The van der Waals surface area contributed by atoms with Gasteiger partial charge < -0.3 is 24.3 Å². The van der Waals surface area contributed by atoms with E-state index in [1.807, 2.05) is 93.6 Å². The Kier molecular flexibility index (Phi) is 7.93. The fourth-order valence-corrected chi connectivity index (χ4v) is 4.83. The molecule has 8 nitrogen and oxygen atoms in total. The molecule has 0 bridgehead atoms. The Morgan fingerprint density at radius 3 is 2.35 bits per heavy atom. The van der Waals surface area contributed by atoms with Crippen molar-refractivity contribution in [1.29, 1.82) is 0 Å². The number of fused-ring (bicyclic) bond motifs is 1. The Hall–Kier alpha value is -4.11. The highest BCUT2D eigenvalue weighted by Gasteiger charge is 2.27. The lowest BCUT2D eigenvalue weighted by Crippen LogP contribution is -2.50. The largest absolute Gasteiger partial charge is 0.444 e. The Balaban J connectivity index is 1.43. The molecule has 5 rings (SSSR count). The van der Waals surface area contributed by atoms with Crippen LogP contribution in [0.2, 0.25) is 0 Å². The maximum Gasteiger partial charge on any atom is 0.410 e. The van der Waals surface area contributed by atoms with E-state index in [9.17, 15) is 9.59 Å². The highest BCUT2D eigenvalue weighted by atomic mass is 79.9. The molecule has 3 aromatic carbocycles. The van der Waals surface area contributed by atoms with E-state index in [1.165, 1.54) is 0 Å². The summed E-state index contributed by atoms with van der Waals surface area (Å²) in [5.74, 6) is -0.337. The molecule has 0 radical (unpaired) electrons. The van der Waals surface area contributed by atoms with E-state index < -0.39 is 5.60 Å². The third-order valence-corrected chi connectivity index (χ3v) is 6.86. The molecule has 4 aromatic rings. The summed E-state index contributed by atoms with van der Waals surface area (Å²) in [4.78, 5) is 34.8. The minimum atomic E-state index is -0.544. The second kappa shape index (κ2) is 11.6. The normalized spacial score (nSPS) is 14.3. The molecule has 1 fully saturated rings. The molecule has 1 N–H and O–H groups in total. The molecule has 2 amide bonds. The number of hydrogen-bond donors (Lipinski definition) is 1. The summed E-state index contributed by atoms with van der Waals surface area (Å²) >= 11 is 3.54. The number of para-hydroxylation sites is 2. The van der Waals surface area contributed by atoms with E-state index >= 15 is 0 Å². The van der Waals surface area contributed by atoms with E-state index in [1.54, 1.807) is 11.0 Å². The summed E-state index contributed by atoms with van der Waals surface area (Å²) in [5, 5.41) is 3.88. The summed E-state index contributed by atoms with van der Waals surface area (Å²) in [5.41, 5.74) is 2.83. The van der Waals surface area contributed by atoms with Crippen LogP contribution in [0, 0.1) is 0 Å². The van der Waals surface area contributed by atoms with Crippen molar-refractivity contribution < 1.29 is 18.7 Å². The van der Waals surface area contributed by atoms with Gasteiger partial charge in [0.1, 0.15) is 16.7 Å². The molecule has 0 saturated carbocycles. The molecule has 0 atom stereocenters. The van der Waals surface area contributed by atoms with Crippen molar-refractivity contribution in [2.45, 2.75) is 26.4 Å². The van der Waals surface area contributed by atoms with Crippen LogP contribution in [-0.4, -0.2) is 48.7 Å². The lowest BCUT2D eigenvalue weighted by molar-refractivity contribution is 0.0240. The second-order valence-electron chi connectivity index (χ2n) is 10.5. The van der Waals surface area contributed by atoms with Crippen LogP contribution in [0.25, 0.3) is 11.0 Å². The SMILES string of the molecule is CC(C)(C)OC(=O)N1CCN(c2ccc(Br)cc2NC(=O)c2cc3ccccc3oc2=Nc2ccccc2)CC1. The zero-order valence-electron chi connectivity index (χ0n) is 22.7. The molecule has 1 aliphatic heterocycles. The van der Waals surface area contributed by atoms with Gasteiger partial charge in [-0.1, -0.05) is 52.3 Å². The van der Waals surface area contributed by atoms with Crippen LogP contribution in [0.15, 0.2) is 92.7 Å². The predicted molar refractivity (Wildman–Crippen MR) is 160 cm³/mol. The van der Waals surface area contributed by atoms with Crippen molar-refractivity contribution in [2.75, 3.05) is 36.4 Å². The Bertz CT molecular complexity index is 1600. The number of anilines is 2. The zero-order chi connectivity index (χ0) is 28.3. The maximum absolute atomic E-state index is 13.8. The smallest absolute Gasteiger partial charge is 0.410 e. The lowest BCUT2D eigenvalue weighted by Gasteiger charge is -2.37. The van der Waals surface area contributed by atoms with Crippen LogP contribution in [0.3, 0.4) is 0 Å². The van der Waals surface area contributed by atoms with Crippen molar-refractivity contribution in [2.24, 2.45) is 4.99 Å². The quantitative estimate of drug-likeness (QED) is 0.279. The highest BCUT2D eigenvalue weighted by Crippen LogP contribution is 2.31. The average molecular weight is 604 g/mol. The summed E-state index contributed by atoms with van der Waals surface area (Å²) in [7, 11) is 0. The number of nitrogens with one attached hydrogen (secondary N) is 1. The number of ether oxygens (including phenoxy) is 1. The van der Waals surface area contributed by atoms with Gasteiger partial charge in [-0.15, -0.1) is 0 Å². The van der Waals surface area contributed by atoms with Crippen molar-refractivity contribution >= 4 is 56.0 Å². The molecular formula is C31H31BrN4O4. The van der Waals surface area contributed by atoms with Gasteiger partial charge in [0.2, 0.25) is 5.55 Å². The van der Waals surface area contributed by atoms with Gasteiger partial charge in [-0.3, -0.25) is 4.79 Å². The molecule has 9 heteroatoms. The number of benzene rings is 3. The van der Waals surface area contributed by atoms with E-state index in [-0.39, 0.29) is 17.6 Å². The van der Waals surface area contributed by atoms with Gasteiger partial charge in [0.15, 0.2) is 0 Å². The summed E-state index contributed by atoms with van der Waals surface area (Å²) in [6, 6.07) is 24.5. The Morgan fingerprint density at radius 1 is 0.925 bits per heavy atom. The number of piperazine rings is 1. The van der Waals surface area contributed by atoms with Crippen LogP contribution in [0.5, 0.6) is 0 Å². The van der Waals surface area contributed by atoms with Gasteiger partial charge in [-0.05, 0) is 63.2 Å². The van der Waals surface area contributed by atoms with Gasteiger partial charge >= 0.3 is 6.09 Å². The van der Waals surface area contributed by atoms with Gasteiger partial charge in [-0.25, -0.2) is 9.79 Å². The zero-order valence-corrected chi connectivity index (χ0v) is 24.3. The van der Waals surface area contributed by atoms with Gasteiger partial charge in [0.25, 0.3) is 5.91 Å². The molecule has 2 heterocycles. The number of carbonyl (C=O) groups excluding carboxylic acids is 2. The van der Waals surface area contributed by atoms with Crippen molar-refractivity contribution in [3.63, 3.8) is 0 Å². The third kappa shape index (κ3) is 6.54. The first kappa shape index (κ1) is 27.5. The maximum atomic E-state index is 13.8. The monoisotopic (exact) mass is 602 g/mol.